The Morgan fingerprint density at radius 2 is 1.95 bits per heavy atom. The molecule has 1 heterocycles. The minimum Gasteiger partial charge on any atom is -0.449 e. The summed E-state index contributed by atoms with van der Waals surface area (Å²) in [4.78, 5) is 27.5. The second-order valence-corrected chi connectivity index (χ2v) is 4.78. The highest BCUT2D eigenvalue weighted by molar-refractivity contribution is 6.04. The van der Waals surface area contributed by atoms with Crippen LogP contribution < -0.4 is 5.73 Å². The van der Waals surface area contributed by atoms with Crippen molar-refractivity contribution >= 4 is 22.8 Å². The van der Waals surface area contributed by atoms with Crippen LogP contribution in [0, 0.1) is 13.8 Å². The third kappa shape index (κ3) is 2.77. The summed E-state index contributed by atoms with van der Waals surface area (Å²) in [5.41, 5.74) is 7.93. The molecule has 104 valence electrons. The number of pyridine rings is 1. The number of hydrogen-bond acceptors (Lipinski definition) is 4. The minimum atomic E-state index is -0.962. The zero-order valence-corrected chi connectivity index (χ0v) is 11.6. The maximum Gasteiger partial charge on any atom is 0.339 e. The molecule has 0 fully saturated rings. The Balaban J connectivity index is 2.50. The van der Waals surface area contributed by atoms with Gasteiger partial charge >= 0.3 is 5.97 Å². The Morgan fingerprint density at radius 1 is 1.25 bits per heavy atom. The fourth-order valence-electron chi connectivity index (χ4n) is 1.92. The third-order valence-electron chi connectivity index (χ3n) is 3.00. The van der Waals surface area contributed by atoms with Crippen LogP contribution >= 0.6 is 0 Å². The Labute approximate surface area is 116 Å². The predicted octanol–water partition coefficient (Wildman–Crippen LogP) is 1.88. The van der Waals surface area contributed by atoms with Crippen molar-refractivity contribution in [1.82, 2.24) is 4.98 Å². The van der Waals surface area contributed by atoms with Crippen molar-refractivity contribution in [2.24, 2.45) is 5.73 Å². The monoisotopic (exact) mass is 272 g/mol. The van der Waals surface area contributed by atoms with E-state index in [1.165, 1.54) is 6.92 Å². The predicted molar refractivity (Wildman–Crippen MR) is 75.3 cm³/mol. The van der Waals surface area contributed by atoms with Gasteiger partial charge in [0.25, 0.3) is 5.91 Å². The number of hydrogen-bond donors (Lipinski definition) is 1. The largest absolute Gasteiger partial charge is 0.449 e. The van der Waals surface area contributed by atoms with Crippen LogP contribution in [0.2, 0.25) is 0 Å². The van der Waals surface area contributed by atoms with E-state index in [1.54, 1.807) is 13.0 Å². The molecule has 0 bridgehead atoms. The number of amides is 1. The lowest BCUT2D eigenvalue weighted by Crippen LogP contribution is -2.30. The number of nitrogens with two attached hydrogens (primary N) is 1. The Bertz CT molecular complexity index is 695. The van der Waals surface area contributed by atoms with Crippen molar-refractivity contribution in [3.63, 3.8) is 0 Å². The number of aromatic nitrogens is 1. The van der Waals surface area contributed by atoms with Crippen LogP contribution in [0.4, 0.5) is 0 Å². The number of carbonyl (C=O) groups excluding carboxylic acids is 2. The summed E-state index contributed by atoms with van der Waals surface area (Å²) in [6.45, 7) is 5.18. The van der Waals surface area contributed by atoms with Gasteiger partial charge in [0.05, 0.1) is 11.1 Å². The second-order valence-electron chi connectivity index (χ2n) is 4.78. The first-order chi connectivity index (χ1) is 9.38. The molecule has 1 aromatic carbocycles. The van der Waals surface area contributed by atoms with Crippen LogP contribution in [0.15, 0.2) is 24.3 Å². The van der Waals surface area contributed by atoms with Crippen LogP contribution in [-0.4, -0.2) is 23.0 Å². The molecule has 1 amide bonds. The van der Waals surface area contributed by atoms with Gasteiger partial charge in [-0.1, -0.05) is 11.6 Å². The van der Waals surface area contributed by atoms with Gasteiger partial charge in [0.1, 0.15) is 0 Å². The summed E-state index contributed by atoms with van der Waals surface area (Å²) in [6, 6.07) is 7.30. The standard InChI is InChI=1S/C15H16N2O3/c1-8-4-5-13-11(6-8)12(7-9(2)17-13)15(19)20-10(3)14(16)18/h4-7,10H,1-3H3,(H2,16,18). The van der Waals surface area contributed by atoms with E-state index in [0.717, 1.165) is 5.56 Å². The van der Waals surface area contributed by atoms with Gasteiger partial charge in [-0.2, -0.15) is 0 Å². The number of rotatable bonds is 3. The molecule has 1 unspecified atom stereocenters. The number of primary amides is 1. The van der Waals surface area contributed by atoms with Crippen LogP contribution in [0.3, 0.4) is 0 Å². The highest BCUT2D eigenvalue weighted by atomic mass is 16.5. The average Bonchev–Trinajstić information content (AvgIpc) is 2.38. The smallest absolute Gasteiger partial charge is 0.339 e. The van der Waals surface area contributed by atoms with Gasteiger partial charge in [-0.25, -0.2) is 4.79 Å². The van der Waals surface area contributed by atoms with Crippen molar-refractivity contribution in [1.29, 1.82) is 0 Å². The van der Waals surface area contributed by atoms with E-state index in [2.05, 4.69) is 4.98 Å². The number of nitrogens with zero attached hydrogens (tertiary/aromatic N) is 1. The molecule has 2 rings (SSSR count). The summed E-state index contributed by atoms with van der Waals surface area (Å²) in [7, 11) is 0. The van der Waals surface area contributed by atoms with Crippen LogP contribution in [-0.2, 0) is 9.53 Å². The SMILES string of the molecule is Cc1ccc2nc(C)cc(C(=O)OC(C)C(N)=O)c2c1. The Morgan fingerprint density at radius 3 is 2.60 bits per heavy atom. The molecule has 0 saturated heterocycles. The molecule has 5 nitrogen and oxygen atoms in total. The van der Waals surface area contributed by atoms with Gasteiger partial charge in [0.15, 0.2) is 6.10 Å². The molecule has 0 saturated carbocycles. The minimum absolute atomic E-state index is 0.393. The molecule has 0 spiro atoms. The Hall–Kier alpha value is -2.43. The average molecular weight is 272 g/mol. The molecular formula is C15H16N2O3. The maximum atomic E-state index is 12.2. The summed E-state index contributed by atoms with van der Waals surface area (Å²) in [5.74, 6) is -1.25. The molecule has 0 aliphatic heterocycles. The molecule has 2 aromatic rings. The first-order valence-electron chi connectivity index (χ1n) is 6.27. The van der Waals surface area contributed by atoms with Crippen molar-refractivity contribution < 1.29 is 14.3 Å². The zero-order chi connectivity index (χ0) is 14.9. The molecule has 0 aliphatic carbocycles. The van der Waals surface area contributed by atoms with Crippen molar-refractivity contribution in [2.45, 2.75) is 26.9 Å². The Kier molecular flexibility index (Phi) is 3.70. The van der Waals surface area contributed by atoms with Gasteiger partial charge < -0.3 is 10.5 Å². The van der Waals surface area contributed by atoms with E-state index in [0.29, 0.717) is 22.2 Å². The van der Waals surface area contributed by atoms with Crippen molar-refractivity contribution in [3.05, 3.63) is 41.1 Å². The molecular weight excluding hydrogens is 256 g/mol. The van der Waals surface area contributed by atoms with Crippen LogP contribution in [0.1, 0.15) is 28.5 Å². The fraction of sp³-hybridized carbons (Fsp3) is 0.267. The summed E-state index contributed by atoms with van der Waals surface area (Å²) >= 11 is 0. The van der Waals surface area contributed by atoms with E-state index in [4.69, 9.17) is 10.5 Å². The van der Waals surface area contributed by atoms with Gasteiger partial charge in [-0.05, 0) is 39.0 Å². The summed E-state index contributed by atoms with van der Waals surface area (Å²) < 4.78 is 5.06. The molecule has 20 heavy (non-hydrogen) atoms. The quantitative estimate of drug-likeness (QED) is 0.865. The lowest BCUT2D eigenvalue weighted by atomic mass is 10.1. The van der Waals surface area contributed by atoms with E-state index in [9.17, 15) is 9.59 Å². The normalized spacial score (nSPS) is 12.2. The highest BCUT2D eigenvalue weighted by Gasteiger charge is 2.19. The molecule has 0 aliphatic rings. The number of ether oxygens (including phenoxy) is 1. The van der Waals surface area contributed by atoms with E-state index in [-0.39, 0.29) is 0 Å². The number of fused-ring (bicyclic) bond motifs is 1. The molecule has 1 aromatic heterocycles. The van der Waals surface area contributed by atoms with Crippen LogP contribution in [0.25, 0.3) is 10.9 Å². The topological polar surface area (TPSA) is 82.3 Å². The molecule has 1 atom stereocenters. The van der Waals surface area contributed by atoms with E-state index < -0.39 is 18.0 Å². The first kappa shape index (κ1) is 14.0. The number of aryl methyl sites for hydroxylation is 2. The highest BCUT2D eigenvalue weighted by Crippen LogP contribution is 2.21. The fourth-order valence-corrected chi connectivity index (χ4v) is 1.92. The first-order valence-corrected chi connectivity index (χ1v) is 6.27. The molecule has 0 radical (unpaired) electrons. The lowest BCUT2D eigenvalue weighted by molar-refractivity contribution is -0.125. The van der Waals surface area contributed by atoms with E-state index in [1.807, 2.05) is 25.1 Å². The zero-order valence-electron chi connectivity index (χ0n) is 11.6. The number of benzene rings is 1. The van der Waals surface area contributed by atoms with Crippen molar-refractivity contribution in [2.75, 3.05) is 0 Å². The van der Waals surface area contributed by atoms with Crippen molar-refractivity contribution in [3.8, 4) is 0 Å². The third-order valence-corrected chi connectivity index (χ3v) is 3.00. The number of carbonyl (C=O) groups is 2. The summed E-state index contributed by atoms with van der Waals surface area (Å²) in [5, 5.41) is 0.706. The summed E-state index contributed by atoms with van der Waals surface area (Å²) in [6.07, 6.45) is -0.962. The van der Waals surface area contributed by atoms with Gasteiger partial charge in [0.2, 0.25) is 0 Å². The lowest BCUT2D eigenvalue weighted by Gasteiger charge is -2.12. The van der Waals surface area contributed by atoms with Crippen LogP contribution in [0.5, 0.6) is 0 Å². The molecule has 2 N–H and O–H groups in total. The van der Waals surface area contributed by atoms with Gasteiger partial charge in [0, 0.05) is 11.1 Å². The van der Waals surface area contributed by atoms with Gasteiger partial charge in [-0.15, -0.1) is 0 Å². The molecule has 5 heteroatoms. The van der Waals surface area contributed by atoms with Gasteiger partial charge in [-0.3, -0.25) is 9.78 Å². The van der Waals surface area contributed by atoms with E-state index >= 15 is 0 Å². The maximum absolute atomic E-state index is 12.2. The second kappa shape index (κ2) is 5.28. The number of esters is 1.